The van der Waals surface area contributed by atoms with Crippen molar-refractivity contribution >= 4 is 11.9 Å². The van der Waals surface area contributed by atoms with E-state index in [1.165, 1.54) is 38.5 Å². The fraction of sp³-hybridized carbons (Fsp3) is 0.833. The van der Waals surface area contributed by atoms with Crippen molar-refractivity contribution in [1.82, 2.24) is 10.6 Å². The maximum absolute atomic E-state index is 11.8. The fourth-order valence-electron chi connectivity index (χ4n) is 4.28. The molecule has 3 amide bonds. The first-order valence-electron chi connectivity index (χ1n) is 6.27. The Balaban J connectivity index is 1.70. The van der Waals surface area contributed by atoms with E-state index in [1.807, 2.05) is 0 Å². The second-order valence-electron chi connectivity index (χ2n) is 6.14. The largest absolute Gasteiger partial charge is 0.326 e. The second kappa shape index (κ2) is 2.44. The summed E-state index contributed by atoms with van der Waals surface area (Å²) in [7, 11) is 0. The highest BCUT2D eigenvalue weighted by atomic mass is 16.2. The molecule has 4 aliphatic rings. The third-order valence-corrected chi connectivity index (χ3v) is 5.36. The van der Waals surface area contributed by atoms with Gasteiger partial charge in [0.2, 0.25) is 0 Å². The van der Waals surface area contributed by atoms with Gasteiger partial charge in [0.15, 0.2) is 0 Å². The lowest BCUT2D eigenvalue weighted by Crippen LogP contribution is -2.43. The first-order chi connectivity index (χ1) is 7.65. The highest BCUT2D eigenvalue weighted by molar-refractivity contribution is 6.04. The lowest BCUT2D eigenvalue weighted by atomic mass is 9.79. The number of urea groups is 1. The van der Waals surface area contributed by atoms with Crippen LogP contribution >= 0.6 is 0 Å². The van der Waals surface area contributed by atoms with Crippen molar-refractivity contribution in [3.63, 3.8) is 0 Å². The third-order valence-electron chi connectivity index (χ3n) is 5.36. The molecule has 3 saturated carbocycles. The Labute approximate surface area is 94.2 Å². The van der Waals surface area contributed by atoms with E-state index in [1.54, 1.807) is 0 Å². The first-order valence-corrected chi connectivity index (χ1v) is 6.27. The zero-order valence-electron chi connectivity index (χ0n) is 9.21. The Kier molecular flexibility index (Phi) is 1.37. The van der Waals surface area contributed by atoms with Gasteiger partial charge in [-0.25, -0.2) is 4.79 Å². The lowest BCUT2D eigenvalue weighted by Gasteiger charge is -2.28. The normalized spacial score (nSPS) is 37.9. The second-order valence-corrected chi connectivity index (χ2v) is 6.14. The van der Waals surface area contributed by atoms with E-state index in [9.17, 15) is 9.59 Å². The van der Waals surface area contributed by atoms with Crippen molar-refractivity contribution < 1.29 is 9.59 Å². The average molecular weight is 220 g/mol. The molecule has 2 spiro atoms. The van der Waals surface area contributed by atoms with Crippen molar-refractivity contribution in [2.75, 3.05) is 0 Å². The Morgan fingerprint density at radius 1 is 0.938 bits per heavy atom. The van der Waals surface area contributed by atoms with Gasteiger partial charge in [-0.3, -0.25) is 10.1 Å². The summed E-state index contributed by atoms with van der Waals surface area (Å²) in [5.41, 5.74) is 0.826. The van der Waals surface area contributed by atoms with E-state index < -0.39 is 0 Å². The molecule has 0 radical (unpaired) electrons. The number of nitrogens with one attached hydrogen (secondary N) is 2. The molecule has 86 valence electrons. The molecule has 1 aliphatic heterocycles. The van der Waals surface area contributed by atoms with Crippen LogP contribution in [0, 0.1) is 16.7 Å². The number of hydrogen-bond donors (Lipinski definition) is 2. The van der Waals surface area contributed by atoms with Crippen LogP contribution < -0.4 is 10.6 Å². The summed E-state index contributed by atoms with van der Waals surface area (Å²) in [4.78, 5) is 23.0. The molecule has 1 atom stereocenters. The topological polar surface area (TPSA) is 58.2 Å². The van der Waals surface area contributed by atoms with E-state index in [4.69, 9.17) is 0 Å². The zero-order valence-corrected chi connectivity index (χ0v) is 9.21. The maximum atomic E-state index is 11.8. The maximum Gasteiger partial charge on any atom is 0.322 e. The molecule has 1 unspecified atom stereocenters. The van der Waals surface area contributed by atoms with Gasteiger partial charge in [0.1, 0.15) is 6.04 Å². The Morgan fingerprint density at radius 3 is 1.81 bits per heavy atom. The number of amides is 3. The van der Waals surface area contributed by atoms with Crippen LogP contribution in [0.2, 0.25) is 0 Å². The standard InChI is InChI=1S/C12H16N2O2/c15-9-7(13-10(16)14-9)8-11(1-2-11)5-6-12(8)3-4-12/h7-8H,1-6H2,(H2,13,14,15,16). The van der Waals surface area contributed by atoms with Crippen molar-refractivity contribution in [3.8, 4) is 0 Å². The van der Waals surface area contributed by atoms with Crippen LogP contribution in [0.15, 0.2) is 0 Å². The quantitative estimate of drug-likeness (QED) is 0.652. The molecule has 4 heteroatoms. The van der Waals surface area contributed by atoms with E-state index in [0.29, 0.717) is 16.7 Å². The van der Waals surface area contributed by atoms with Crippen LogP contribution in [0.25, 0.3) is 0 Å². The van der Waals surface area contributed by atoms with Crippen LogP contribution in [-0.2, 0) is 4.79 Å². The van der Waals surface area contributed by atoms with E-state index in [0.717, 1.165) is 0 Å². The molecule has 1 saturated heterocycles. The minimum atomic E-state index is -0.298. The highest BCUT2D eigenvalue weighted by Crippen LogP contribution is 2.75. The molecule has 4 nitrogen and oxygen atoms in total. The highest BCUT2D eigenvalue weighted by Gasteiger charge is 2.70. The van der Waals surface area contributed by atoms with Gasteiger partial charge in [0.25, 0.3) is 5.91 Å². The van der Waals surface area contributed by atoms with Gasteiger partial charge >= 0.3 is 6.03 Å². The molecular formula is C12H16N2O2. The van der Waals surface area contributed by atoms with Gasteiger partial charge in [-0.1, -0.05) is 0 Å². The van der Waals surface area contributed by atoms with Gasteiger partial charge < -0.3 is 5.32 Å². The van der Waals surface area contributed by atoms with E-state index >= 15 is 0 Å². The summed E-state index contributed by atoms with van der Waals surface area (Å²) >= 11 is 0. The predicted molar refractivity (Wildman–Crippen MR) is 56.5 cm³/mol. The van der Waals surface area contributed by atoms with Gasteiger partial charge in [-0.15, -0.1) is 0 Å². The van der Waals surface area contributed by atoms with Gasteiger partial charge in [0, 0.05) is 0 Å². The molecule has 1 heterocycles. The minimum absolute atomic E-state index is 0.0885. The van der Waals surface area contributed by atoms with Gasteiger partial charge in [-0.2, -0.15) is 0 Å². The number of rotatable bonds is 1. The van der Waals surface area contributed by atoms with Crippen LogP contribution in [-0.4, -0.2) is 18.0 Å². The van der Waals surface area contributed by atoms with Crippen LogP contribution in [0.4, 0.5) is 4.79 Å². The summed E-state index contributed by atoms with van der Waals surface area (Å²) in [5, 5.41) is 5.22. The Hall–Kier alpha value is -1.06. The first kappa shape index (κ1) is 9.02. The van der Waals surface area contributed by atoms with E-state index in [-0.39, 0.29) is 18.0 Å². The molecule has 0 aromatic carbocycles. The van der Waals surface area contributed by atoms with Crippen molar-refractivity contribution in [3.05, 3.63) is 0 Å². The number of carbonyl (C=O) groups is 2. The monoisotopic (exact) mass is 220 g/mol. The molecule has 0 aromatic heterocycles. The Morgan fingerprint density at radius 2 is 1.44 bits per heavy atom. The zero-order chi connectivity index (χ0) is 11.0. The molecule has 3 aliphatic carbocycles. The molecule has 16 heavy (non-hydrogen) atoms. The number of imide groups is 1. The SMILES string of the molecule is O=C1NC(=O)C(C2C3(CC3)CCC23CC3)N1. The Bertz CT molecular complexity index is 376. The summed E-state index contributed by atoms with van der Waals surface area (Å²) < 4.78 is 0. The summed E-state index contributed by atoms with van der Waals surface area (Å²) in [5.74, 6) is 0.334. The molecule has 0 aromatic rings. The van der Waals surface area contributed by atoms with Gasteiger partial charge in [-0.05, 0) is 55.3 Å². The lowest BCUT2D eigenvalue weighted by molar-refractivity contribution is -0.122. The summed E-state index contributed by atoms with van der Waals surface area (Å²) in [6.07, 6.45) is 7.60. The number of carbonyl (C=O) groups excluding carboxylic acids is 2. The molecule has 4 rings (SSSR count). The number of hydrogen-bond acceptors (Lipinski definition) is 2. The predicted octanol–water partition coefficient (Wildman–Crippen LogP) is 1.16. The molecule has 0 bridgehead atoms. The van der Waals surface area contributed by atoms with Crippen LogP contribution in [0.5, 0.6) is 0 Å². The van der Waals surface area contributed by atoms with Crippen molar-refractivity contribution in [1.29, 1.82) is 0 Å². The average Bonchev–Trinajstić information content (AvgIpc) is 3.06. The fourth-order valence-corrected chi connectivity index (χ4v) is 4.28. The summed E-state index contributed by atoms with van der Waals surface area (Å²) in [6, 6.07) is -0.534. The van der Waals surface area contributed by atoms with Crippen molar-refractivity contribution in [2.24, 2.45) is 16.7 Å². The van der Waals surface area contributed by atoms with Crippen LogP contribution in [0.3, 0.4) is 0 Å². The molecule has 2 N–H and O–H groups in total. The summed E-state index contributed by atoms with van der Waals surface area (Å²) in [6.45, 7) is 0. The smallest absolute Gasteiger partial charge is 0.322 e. The molecular weight excluding hydrogens is 204 g/mol. The minimum Gasteiger partial charge on any atom is -0.326 e. The van der Waals surface area contributed by atoms with Crippen LogP contribution in [0.1, 0.15) is 38.5 Å². The third kappa shape index (κ3) is 0.955. The molecule has 4 fully saturated rings. The van der Waals surface area contributed by atoms with Gasteiger partial charge in [0.05, 0.1) is 0 Å². The van der Waals surface area contributed by atoms with Crippen molar-refractivity contribution in [2.45, 2.75) is 44.6 Å². The van der Waals surface area contributed by atoms with E-state index in [2.05, 4.69) is 10.6 Å².